The summed E-state index contributed by atoms with van der Waals surface area (Å²) in [6, 6.07) is 8.33. The number of nitrogens with zero attached hydrogens (tertiary/aromatic N) is 2. The van der Waals surface area contributed by atoms with Crippen molar-refractivity contribution in [3.63, 3.8) is 0 Å². The van der Waals surface area contributed by atoms with Crippen molar-refractivity contribution >= 4 is 38.9 Å². The van der Waals surface area contributed by atoms with Crippen LogP contribution in [0.15, 0.2) is 40.6 Å². The molecule has 1 saturated heterocycles. The summed E-state index contributed by atoms with van der Waals surface area (Å²) in [5, 5.41) is 4.72. The highest BCUT2D eigenvalue weighted by Crippen LogP contribution is 2.35. The molecule has 0 atom stereocenters. The lowest BCUT2D eigenvalue weighted by Gasteiger charge is -2.30. The van der Waals surface area contributed by atoms with E-state index in [2.05, 4.69) is 5.32 Å². The number of ether oxygens (including phenoxy) is 1. The number of amides is 2. The summed E-state index contributed by atoms with van der Waals surface area (Å²) >= 11 is 1.53. The predicted molar refractivity (Wildman–Crippen MR) is 118 cm³/mol. The van der Waals surface area contributed by atoms with Gasteiger partial charge in [0.25, 0.3) is 5.91 Å². The summed E-state index contributed by atoms with van der Waals surface area (Å²) in [4.78, 5) is 27.4. The number of thiophene rings is 1. The van der Waals surface area contributed by atoms with Crippen LogP contribution in [0.3, 0.4) is 0 Å². The maximum atomic E-state index is 13.2. The van der Waals surface area contributed by atoms with E-state index in [4.69, 9.17) is 4.74 Å². The average molecular weight is 464 g/mol. The third-order valence-corrected chi connectivity index (χ3v) is 8.19. The van der Waals surface area contributed by atoms with Crippen LogP contribution < -0.4 is 15.0 Å². The maximum Gasteiger partial charge on any atom is 0.265 e. The number of hydrogen-bond donors (Lipinski definition) is 1. The Kier molecular flexibility index (Phi) is 6.59. The number of benzene rings is 1. The minimum atomic E-state index is -3.69. The Morgan fingerprint density at radius 2 is 1.90 bits per heavy atom. The molecule has 166 valence electrons. The number of hydrogen-bond acceptors (Lipinski definition) is 6. The van der Waals surface area contributed by atoms with Crippen molar-refractivity contribution in [1.29, 1.82) is 0 Å². The van der Waals surface area contributed by atoms with Crippen molar-refractivity contribution in [3.8, 4) is 5.75 Å². The fourth-order valence-corrected chi connectivity index (χ4v) is 5.93. The highest BCUT2D eigenvalue weighted by Gasteiger charge is 2.31. The lowest BCUT2D eigenvalue weighted by molar-refractivity contribution is -0.125. The Hall–Kier alpha value is -2.43. The minimum absolute atomic E-state index is 0.107. The zero-order chi connectivity index (χ0) is 21.8. The van der Waals surface area contributed by atoms with Gasteiger partial charge in [0.2, 0.25) is 15.9 Å². The Morgan fingerprint density at radius 1 is 1.13 bits per heavy atom. The van der Waals surface area contributed by atoms with Crippen LogP contribution in [0.2, 0.25) is 0 Å². The van der Waals surface area contributed by atoms with Gasteiger partial charge in [-0.2, -0.15) is 4.31 Å². The Bertz CT molecular complexity index is 1040. The molecule has 0 spiro atoms. The second-order valence-electron chi connectivity index (χ2n) is 7.57. The van der Waals surface area contributed by atoms with E-state index < -0.39 is 10.0 Å². The van der Waals surface area contributed by atoms with Gasteiger partial charge in [0.1, 0.15) is 12.3 Å². The summed E-state index contributed by atoms with van der Waals surface area (Å²) in [7, 11) is -3.69. The number of sulfonamides is 1. The molecule has 0 radical (unpaired) electrons. The molecular weight excluding hydrogens is 438 g/mol. The van der Waals surface area contributed by atoms with Crippen LogP contribution in [0, 0.1) is 0 Å². The fourth-order valence-electron chi connectivity index (χ4n) is 3.75. The molecule has 1 N–H and O–H groups in total. The van der Waals surface area contributed by atoms with E-state index in [1.807, 2.05) is 17.5 Å². The predicted octanol–water partition coefficient (Wildman–Crippen LogP) is 2.35. The molecule has 3 heterocycles. The second-order valence-corrected chi connectivity index (χ2v) is 10.5. The third-order valence-electron chi connectivity index (χ3n) is 5.42. The van der Waals surface area contributed by atoms with Crippen LogP contribution in [0.25, 0.3) is 0 Å². The molecule has 1 aromatic carbocycles. The molecule has 0 unspecified atom stereocenters. The number of fused-ring (bicyclic) bond motifs is 1. The van der Waals surface area contributed by atoms with Gasteiger partial charge in [0, 0.05) is 18.0 Å². The molecule has 0 bridgehead atoms. The van der Waals surface area contributed by atoms with Gasteiger partial charge in [0.15, 0.2) is 6.61 Å². The molecule has 8 nitrogen and oxygen atoms in total. The smallest absolute Gasteiger partial charge is 0.265 e. The first kappa shape index (κ1) is 21.8. The molecule has 31 heavy (non-hydrogen) atoms. The normalized spacial score (nSPS) is 17.5. The van der Waals surface area contributed by atoms with Crippen LogP contribution >= 0.6 is 11.3 Å². The first-order chi connectivity index (χ1) is 14.9. The number of carbonyl (C=O) groups excluding carboxylic acids is 2. The van der Waals surface area contributed by atoms with Crippen molar-refractivity contribution in [2.24, 2.45) is 0 Å². The third kappa shape index (κ3) is 4.91. The molecule has 2 aliphatic rings. The molecule has 1 fully saturated rings. The van der Waals surface area contributed by atoms with E-state index in [9.17, 15) is 18.0 Å². The van der Waals surface area contributed by atoms with Crippen molar-refractivity contribution in [2.75, 3.05) is 31.1 Å². The first-order valence-corrected chi connectivity index (χ1v) is 12.6. The number of rotatable bonds is 6. The molecule has 1 aromatic heterocycles. The Labute approximate surface area is 185 Å². The molecule has 10 heteroatoms. The van der Waals surface area contributed by atoms with Gasteiger partial charge < -0.3 is 10.1 Å². The Morgan fingerprint density at radius 3 is 2.61 bits per heavy atom. The highest BCUT2D eigenvalue weighted by molar-refractivity contribution is 7.89. The van der Waals surface area contributed by atoms with E-state index in [0.717, 1.165) is 30.6 Å². The summed E-state index contributed by atoms with van der Waals surface area (Å²) in [6.45, 7) is 0.968. The lowest BCUT2D eigenvalue weighted by Crippen LogP contribution is -2.45. The number of nitrogens with one attached hydrogen (secondary N) is 1. The monoisotopic (exact) mass is 463 g/mol. The van der Waals surface area contributed by atoms with E-state index in [-0.39, 0.29) is 29.9 Å². The van der Waals surface area contributed by atoms with Gasteiger partial charge in [-0.15, -0.1) is 11.3 Å². The fraction of sp³-hybridized carbons (Fsp3) is 0.429. The van der Waals surface area contributed by atoms with Gasteiger partial charge in [-0.05, 0) is 42.5 Å². The first-order valence-electron chi connectivity index (χ1n) is 10.3. The molecular formula is C21H25N3O5S2. The maximum absolute atomic E-state index is 13.2. The van der Waals surface area contributed by atoms with Crippen molar-refractivity contribution in [1.82, 2.24) is 9.62 Å². The quantitative estimate of drug-likeness (QED) is 0.710. The van der Waals surface area contributed by atoms with Gasteiger partial charge in [-0.1, -0.05) is 18.9 Å². The zero-order valence-corrected chi connectivity index (χ0v) is 18.7. The molecule has 2 amide bonds. The molecule has 2 aromatic rings. The van der Waals surface area contributed by atoms with Crippen LogP contribution in [-0.2, 0) is 26.2 Å². The van der Waals surface area contributed by atoms with E-state index >= 15 is 0 Å². The zero-order valence-electron chi connectivity index (χ0n) is 17.1. The van der Waals surface area contributed by atoms with Crippen LogP contribution in [-0.4, -0.2) is 50.8 Å². The van der Waals surface area contributed by atoms with Gasteiger partial charge in [-0.25, -0.2) is 8.42 Å². The van der Waals surface area contributed by atoms with E-state index in [1.165, 1.54) is 32.7 Å². The summed E-state index contributed by atoms with van der Waals surface area (Å²) in [5.74, 6) is -0.320. The molecule has 4 rings (SSSR count). The van der Waals surface area contributed by atoms with Crippen molar-refractivity contribution < 1.29 is 22.7 Å². The van der Waals surface area contributed by atoms with Crippen LogP contribution in [0.1, 0.15) is 30.6 Å². The van der Waals surface area contributed by atoms with Crippen molar-refractivity contribution in [2.45, 2.75) is 37.1 Å². The average Bonchev–Trinajstić information content (AvgIpc) is 3.13. The van der Waals surface area contributed by atoms with Gasteiger partial charge in [0.05, 0.1) is 17.1 Å². The minimum Gasteiger partial charge on any atom is -0.482 e. The number of carbonyl (C=O) groups is 2. The van der Waals surface area contributed by atoms with E-state index in [1.54, 1.807) is 6.07 Å². The Balaban J connectivity index is 1.55. The summed E-state index contributed by atoms with van der Waals surface area (Å²) in [5.41, 5.74) is 0.304. The SMILES string of the molecule is O=C(CN1C(=O)COc2ccc(S(=O)(=O)N3CCCCCC3)cc21)NCc1cccs1. The summed E-state index contributed by atoms with van der Waals surface area (Å²) < 4.78 is 33.3. The highest BCUT2D eigenvalue weighted by atomic mass is 32.2. The van der Waals surface area contributed by atoms with Crippen LogP contribution in [0.4, 0.5) is 5.69 Å². The second kappa shape index (κ2) is 9.37. The molecule has 0 saturated carbocycles. The van der Waals surface area contributed by atoms with E-state index in [0.29, 0.717) is 31.1 Å². The number of anilines is 1. The van der Waals surface area contributed by atoms with Gasteiger partial charge in [-0.3, -0.25) is 14.5 Å². The largest absolute Gasteiger partial charge is 0.482 e. The van der Waals surface area contributed by atoms with Gasteiger partial charge >= 0.3 is 0 Å². The van der Waals surface area contributed by atoms with Crippen molar-refractivity contribution in [3.05, 3.63) is 40.6 Å². The molecule has 0 aliphatic carbocycles. The molecule has 2 aliphatic heterocycles. The van der Waals surface area contributed by atoms with Crippen LogP contribution in [0.5, 0.6) is 5.75 Å². The summed E-state index contributed by atoms with van der Waals surface area (Å²) in [6.07, 6.45) is 3.71. The lowest BCUT2D eigenvalue weighted by atomic mass is 10.2. The topological polar surface area (TPSA) is 96.0 Å². The standard InChI is InChI=1S/C21H25N3O5S2/c25-20(22-13-16-6-5-11-30-16)14-24-18-12-17(7-8-19(18)29-15-21(24)26)31(27,28)23-9-3-1-2-4-10-23/h5-8,11-12H,1-4,9-10,13-15H2,(H,22,25).